The van der Waals surface area contributed by atoms with Crippen LogP contribution in [-0.2, 0) is 11.2 Å². The van der Waals surface area contributed by atoms with Crippen LogP contribution in [0, 0.1) is 0 Å². The van der Waals surface area contributed by atoms with Gasteiger partial charge in [-0.2, -0.15) is 5.11 Å². The Labute approximate surface area is 137 Å². The number of nitrogens with zero attached hydrogens (tertiary/aromatic N) is 2. The SMILES string of the molecule is NNC(=O)CCc1cc(/N=N/c2ccccc2C(=O)O)ccc1O. The van der Waals surface area contributed by atoms with Crippen molar-refractivity contribution in [2.75, 3.05) is 0 Å². The predicted octanol–water partition coefficient (Wildman–Crippen LogP) is 2.43. The molecule has 24 heavy (non-hydrogen) atoms. The number of carbonyl (C=O) groups is 2. The van der Waals surface area contributed by atoms with Gasteiger partial charge in [-0.15, -0.1) is 5.11 Å². The number of aromatic carboxylic acids is 1. The zero-order valence-corrected chi connectivity index (χ0v) is 12.6. The number of azo groups is 1. The highest BCUT2D eigenvalue weighted by Gasteiger charge is 2.09. The number of hydrogen-bond acceptors (Lipinski definition) is 6. The highest BCUT2D eigenvalue weighted by Crippen LogP contribution is 2.27. The molecule has 0 unspecified atom stereocenters. The third-order valence-electron chi connectivity index (χ3n) is 3.25. The Morgan fingerprint density at radius 3 is 2.58 bits per heavy atom. The maximum atomic E-state index is 11.2. The molecule has 8 nitrogen and oxygen atoms in total. The Hall–Kier alpha value is -3.26. The number of carbonyl (C=O) groups excluding carboxylic acids is 1. The number of hydrogen-bond donors (Lipinski definition) is 4. The molecule has 0 aromatic heterocycles. The zero-order valence-electron chi connectivity index (χ0n) is 12.6. The second-order valence-electron chi connectivity index (χ2n) is 4.90. The first-order valence-corrected chi connectivity index (χ1v) is 7.06. The molecule has 0 aliphatic heterocycles. The van der Waals surface area contributed by atoms with Crippen LogP contribution in [0.15, 0.2) is 52.7 Å². The summed E-state index contributed by atoms with van der Waals surface area (Å²) < 4.78 is 0. The summed E-state index contributed by atoms with van der Waals surface area (Å²) in [6.07, 6.45) is 0.399. The molecular weight excluding hydrogens is 312 g/mol. The van der Waals surface area contributed by atoms with Gasteiger partial charge in [-0.05, 0) is 42.3 Å². The fourth-order valence-corrected chi connectivity index (χ4v) is 2.01. The molecule has 2 aromatic carbocycles. The van der Waals surface area contributed by atoms with Gasteiger partial charge in [0.05, 0.1) is 11.3 Å². The number of amides is 1. The van der Waals surface area contributed by atoms with Gasteiger partial charge >= 0.3 is 5.97 Å². The predicted molar refractivity (Wildman–Crippen MR) is 86.3 cm³/mol. The molecule has 2 aromatic rings. The minimum absolute atomic E-state index is 0.0321. The van der Waals surface area contributed by atoms with Crippen molar-refractivity contribution < 1.29 is 19.8 Å². The average molecular weight is 328 g/mol. The average Bonchev–Trinajstić information content (AvgIpc) is 2.59. The molecule has 0 saturated heterocycles. The van der Waals surface area contributed by atoms with Crippen LogP contribution in [-0.4, -0.2) is 22.1 Å². The van der Waals surface area contributed by atoms with E-state index in [0.717, 1.165) is 0 Å². The lowest BCUT2D eigenvalue weighted by atomic mass is 10.1. The molecule has 0 heterocycles. The van der Waals surface area contributed by atoms with Crippen molar-refractivity contribution in [2.24, 2.45) is 16.1 Å². The van der Waals surface area contributed by atoms with Crippen molar-refractivity contribution in [3.05, 3.63) is 53.6 Å². The minimum Gasteiger partial charge on any atom is -0.508 e. The van der Waals surface area contributed by atoms with Gasteiger partial charge in [0.25, 0.3) is 0 Å². The quantitative estimate of drug-likeness (QED) is 0.279. The van der Waals surface area contributed by atoms with Gasteiger partial charge in [0.15, 0.2) is 0 Å². The number of benzene rings is 2. The number of aromatic hydroxyl groups is 1. The summed E-state index contributed by atoms with van der Waals surface area (Å²) >= 11 is 0. The number of carboxylic acids is 1. The maximum Gasteiger partial charge on any atom is 0.337 e. The monoisotopic (exact) mass is 328 g/mol. The fraction of sp³-hybridized carbons (Fsp3) is 0.125. The maximum absolute atomic E-state index is 11.2. The molecule has 0 aliphatic rings. The van der Waals surface area contributed by atoms with Crippen molar-refractivity contribution in [1.29, 1.82) is 0 Å². The number of nitrogens with one attached hydrogen (secondary N) is 1. The smallest absolute Gasteiger partial charge is 0.337 e. The molecule has 2 rings (SSSR count). The van der Waals surface area contributed by atoms with E-state index in [1.165, 1.54) is 18.2 Å². The minimum atomic E-state index is -1.09. The van der Waals surface area contributed by atoms with Gasteiger partial charge < -0.3 is 10.2 Å². The molecule has 1 amide bonds. The molecule has 0 spiro atoms. The first-order valence-electron chi connectivity index (χ1n) is 7.06. The molecule has 0 saturated carbocycles. The summed E-state index contributed by atoms with van der Waals surface area (Å²) in [5, 5.41) is 26.9. The van der Waals surface area contributed by atoms with Gasteiger partial charge in [0.2, 0.25) is 5.91 Å². The van der Waals surface area contributed by atoms with Gasteiger partial charge in [0, 0.05) is 6.42 Å². The summed E-state index contributed by atoms with van der Waals surface area (Å²) in [5.41, 5.74) is 3.22. The van der Waals surface area contributed by atoms with Crippen LogP contribution >= 0.6 is 0 Å². The van der Waals surface area contributed by atoms with Crippen LogP contribution < -0.4 is 11.3 Å². The van der Waals surface area contributed by atoms with Crippen molar-refractivity contribution >= 4 is 23.3 Å². The fourth-order valence-electron chi connectivity index (χ4n) is 2.01. The van der Waals surface area contributed by atoms with Gasteiger partial charge in [0.1, 0.15) is 11.4 Å². The number of aryl methyl sites for hydroxylation is 1. The van der Waals surface area contributed by atoms with E-state index < -0.39 is 5.97 Å². The second kappa shape index (κ2) is 7.84. The zero-order chi connectivity index (χ0) is 17.5. The summed E-state index contributed by atoms with van der Waals surface area (Å²) in [4.78, 5) is 22.3. The molecule has 0 radical (unpaired) electrons. The van der Waals surface area contributed by atoms with Crippen molar-refractivity contribution in [2.45, 2.75) is 12.8 Å². The Bertz CT molecular complexity index is 789. The van der Waals surface area contributed by atoms with Crippen LogP contribution in [0.1, 0.15) is 22.3 Å². The molecular formula is C16H16N4O4. The number of nitrogens with two attached hydrogens (primary N) is 1. The number of carboxylic acid groups (broad SMARTS) is 1. The lowest BCUT2D eigenvalue weighted by Crippen LogP contribution is -2.30. The summed E-state index contributed by atoms with van der Waals surface area (Å²) in [6.45, 7) is 0. The van der Waals surface area contributed by atoms with Crippen molar-refractivity contribution in [3.63, 3.8) is 0 Å². The van der Waals surface area contributed by atoms with E-state index in [1.54, 1.807) is 24.3 Å². The highest BCUT2D eigenvalue weighted by molar-refractivity contribution is 5.93. The van der Waals surface area contributed by atoms with E-state index in [0.29, 0.717) is 11.3 Å². The van der Waals surface area contributed by atoms with Crippen LogP contribution in [0.3, 0.4) is 0 Å². The Morgan fingerprint density at radius 1 is 1.12 bits per heavy atom. The standard InChI is InChI=1S/C16H16N4O4/c17-18-15(22)8-5-10-9-11(6-7-14(10)21)19-20-13-4-2-1-3-12(13)16(23)24/h1-4,6-7,9,21H,5,8,17H2,(H,18,22)(H,23,24)/b20-19+. The van der Waals surface area contributed by atoms with Gasteiger partial charge in [-0.1, -0.05) is 12.1 Å². The summed E-state index contributed by atoms with van der Waals surface area (Å²) in [7, 11) is 0. The lowest BCUT2D eigenvalue weighted by molar-refractivity contribution is -0.121. The Balaban J connectivity index is 2.21. The van der Waals surface area contributed by atoms with Crippen molar-refractivity contribution in [1.82, 2.24) is 5.43 Å². The topological polar surface area (TPSA) is 137 Å². The van der Waals surface area contributed by atoms with Gasteiger partial charge in [-0.3, -0.25) is 10.2 Å². The van der Waals surface area contributed by atoms with Crippen LogP contribution in [0.5, 0.6) is 5.75 Å². The van der Waals surface area contributed by atoms with E-state index in [-0.39, 0.29) is 35.7 Å². The van der Waals surface area contributed by atoms with E-state index in [2.05, 4.69) is 10.2 Å². The Kier molecular flexibility index (Phi) is 5.58. The molecule has 5 N–H and O–H groups in total. The third-order valence-corrected chi connectivity index (χ3v) is 3.25. The molecule has 0 bridgehead atoms. The van der Waals surface area contributed by atoms with E-state index >= 15 is 0 Å². The number of hydrazine groups is 1. The molecule has 8 heteroatoms. The van der Waals surface area contributed by atoms with E-state index in [4.69, 9.17) is 10.9 Å². The normalized spacial score (nSPS) is 10.7. The number of rotatable bonds is 6. The number of phenols is 1. The number of phenolic OH excluding ortho intramolecular Hbond substituents is 1. The highest BCUT2D eigenvalue weighted by atomic mass is 16.4. The molecule has 124 valence electrons. The van der Waals surface area contributed by atoms with Crippen LogP contribution in [0.4, 0.5) is 11.4 Å². The summed E-state index contributed by atoms with van der Waals surface area (Å²) in [6, 6.07) is 10.8. The molecule has 0 fully saturated rings. The first kappa shape index (κ1) is 17.1. The summed E-state index contributed by atoms with van der Waals surface area (Å²) in [5.74, 6) is 3.60. The van der Waals surface area contributed by atoms with Gasteiger partial charge in [-0.25, -0.2) is 10.6 Å². The van der Waals surface area contributed by atoms with Crippen LogP contribution in [0.25, 0.3) is 0 Å². The second-order valence-corrected chi connectivity index (χ2v) is 4.90. The van der Waals surface area contributed by atoms with Crippen molar-refractivity contribution in [3.8, 4) is 5.75 Å². The third kappa shape index (κ3) is 4.37. The van der Waals surface area contributed by atoms with E-state index in [1.807, 2.05) is 5.43 Å². The Morgan fingerprint density at radius 2 is 1.88 bits per heavy atom. The van der Waals surface area contributed by atoms with Crippen LogP contribution in [0.2, 0.25) is 0 Å². The molecule has 0 aliphatic carbocycles. The first-order chi connectivity index (χ1) is 11.5. The van der Waals surface area contributed by atoms with E-state index in [9.17, 15) is 14.7 Å². The molecule has 0 atom stereocenters. The lowest BCUT2D eigenvalue weighted by Gasteiger charge is -2.05. The largest absolute Gasteiger partial charge is 0.508 e.